The number of rotatable bonds is 6. The van der Waals surface area contributed by atoms with Gasteiger partial charge in [-0.25, -0.2) is 17.6 Å². The number of halogens is 4. The maximum Gasteiger partial charge on any atom is 0.267 e. The quantitative estimate of drug-likeness (QED) is 0.353. The Labute approximate surface area is 169 Å². The van der Waals surface area contributed by atoms with Crippen molar-refractivity contribution in [1.82, 2.24) is 0 Å². The van der Waals surface area contributed by atoms with Crippen molar-refractivity contribution in [1.29, 1.82) is 0 Å². The van der Waals surface area contributed by atoms with Crippen LogP contribution in [-0.2, 0) is 4.74 Å². The van der Waals surface area contributed by atoms with Crippen LogP contribution in [0.5, 0.6) is 0 Å². The number of alkyl halides is 2. The lowest BCUT2D eigenvalue weighted by Crippen LogP contribution is -2.14. The van der Waals surface area contributed by atoms with E-state index in [2.05, 4.69) is 6.92 Å². The highest BCUT2D eigenvalue weighted by Crippen LogP contribution is 2.42. The summed E-state index contributed by atoms with van der Waals surface area (Å²) >= 11 is 0. The highest BCUT2D eigenvalue weighted by atomic mass is 19.3. The van der Waals surface area contributed by atoms with E-state index in [1.54, 1.807) is 12.1 Å². The first kappa shape index (κ1) is 20.4. The molecule has 0 aromatic heterocycles. The second-order valence-corrected chi connectivity index (χ2v) is 8.30. The predicted octanol–water partition coefficient (Wildman–Crippen LogP) is 7.71. The van der Waals surface area contributed by atoms with E-state index in [1.807, 2.05) is 0 Å². The minimum atomic E-state index is -2.99. The van der Waals surface area contributed by atoms with Crippen LogP contribution in [0.2, 0.25) is 0 Å². The van der Waals surface area contributed by atoms with E-state index in [0.29, 0.717) is 12.2 Å². The van der Waals surface area contributed by atoms with E-state index in [-0.39, 0.29) is 22.6 Å². The Hall–Kier alpha value is -1.88. The van der Waals surface area contributed by atoms with E-state index < -0.39 is 29.7 Å². The number of hydrogen-bond acceptors (Lipinski definition) is 1. The molecule has 0 N–H and O–H groups in total. The van der Waals surface area contributed by atoms with Gasteiger partial charge in [-0.15, -0.1) is 0 Å². The standard InChI is InChI=1S/C24H26F4O/c1-2-3-14-4-6-15(7-5-14)17-9-8-16(12-20(17)25)18-10-11-19(21-13-29-21)23(26)22(18)24(27)28/h8-12,14-15,21,24H,2-7,13H2,1H3. The van der Waals surface area contributed by atoms with Gasteiger partial charge < -0.3 is 4.74 Å². The molecule has 29 heavy (non-hydrogen) atoms. The third-order valence-electron chi connectivity index (χ3n) is 6.40. The van der Waals surface area contributed by atoms with Gasteiger partial charge in [-0.2, -0.15) is 0 Å². The van der Waals surface area contributed by atoms with Crippen LogP contribution in [0.4, 0.5) is 17.6 Å². The van der Waals surface area contributed by atoms with Crippen LogP contribution < -0.4 is 0 Å². The Kier molecular flexibility index (Phi) is 5.95. The molecule has 4 rings (SSSR count). The van der Waals surface area contributed by atoms with Crippen molar-refractivity contribution in [2.45, 2.75) is 63.9 Å². The van der Waals surface area contributed by atoms with Crippen molar-refractivity contribution in [3.05, 3.63) is 58.7 Å². The lowest BCUT2D eigenvalue weighted by molar-refractivity contribution is 0.146. The third kappa shape index (κ3) is 4.20. The van der Waals surface area contributed by atoms with Crippen LogP contribution in [0.15, 0.2) is 30.3 Å². The van der Waals surface area contributed by atoms with Gasteiger partial charge >= 0.3 is 0 Å². The molecule has 0 radical (unpaired) electrons. The van der Waals surface area contributed by atoms with E-state index in [0.717, 1.165) is 31.6 Å². The molecule has 1 unspecified atom stereocenters. The average Bonchev–Trinajstić information content (AvgIpc) is 3.53. The second-order valence-electron chi connectivity index (χ2n) is 8.30. The Morgan fingerprint density at radius 3 is 2.28 bits per heavy atom. The van der Waals surface area contributed by atoms with Gasteiger partial charge in [-0.05, 0) is 60.3 Å². The first-order chi connectivity index (χ1) is 14.0. The lowest BCUT2D eigenvalue weighted by Gasteiger charge is -2.29. The topological polar surface area (TPSA) is 12.5 Å². The highest BCUT2D eigenvalue weighted by Gasteiger charge is 2.32. The average molecular weight is 406 g/mol. The molecule has 2 aliphatic rings. The molecule has 2 fully saturated rings. The molecule has 156 valence electrons. The summed E-state index contributed by atoms with van der Waals surface area (Å²) < 4.78 is 61.9. The van der Waals surface area contributed by atoms with Crippen LogP contribution in [0.25, 0.3) is 11.1 Å². The fourth-order valence-electron chi connectivity index (χ4n) is 4.75. The van der Waals surface area contributed by atoms with Crippen molar-refractivity contribution in [3.8, 4) is 11.1 Å². The monoisotopic (exact) mass is 406 g/mol. The van der Waals surface area contributed by atoms with Crippen molar-refractivity contribution in [3.63, 3.8) is 0 Å². The normalized spacial score (nSPS) is 24.1. The molecule has 2 aromatic carbocycles. The predicted molar refractivity (Wildman–Crippen MR) is 105 cm³/mol. The van der Waals surface area contributed by atoms with Crippen molar-refractivity contribution in [2.24, 2.45) is 5.92 Å². The number of ether oxygens (including phenoxy) is 1. The molecule has 1 atom stereocenters. The smallest absolute Gasteiger partial charge is 0.267 e. The fourth-order valence-corrected chi connectivity index (χ4v) is 4.75. The largest absolute Gasteiger partial charge is 0.368 e. The molecule has 1 aliphatic heterocycles. The van der Waals surface area contributed by atoms with Crippen molar-refractivity contribution < 1.29 is 22.3 Å². The summed E-state index contributed by atoms with van der Waals surface area (Å²) in [6.07, 6.45) is 3.06. The van der Waals surface area contributed by atoms with Crippen LogP contribution in [0.3, 0.4) is 0 Å². The summed E-state index contributed by atoms with van der Waals surface area (Å²) in [5, 5.41) is 0. The van der Waals surface area contributed by atoms with Gasteiger partial charge in [0, 0.05) is 5.56 Å². The summed E-state index contributed by atoms with van der Waals surface area (Å²) in [5.74, 6) is -0.447. The van der Waals surface area contributed by atoms with Gasteiger partial charge in [0.25, 0.3) is 6.43 Å². The molecule has 1 heterocycles. The fraction of sp³-hybridized carbons (Fsp3) is 0.500. The van der Waals surface area contributed by atoms with Gasteiger partial charge in [0.2, 0.25) is 0 Å². The minimum Gasteiger partial charge on any atom is -0.368 e. The number of hydrogen-bond donors (Lipinski definition) is 0. The van der Waals surface area contributed by atoms with Crippen LogP contribution >= 0.6 is 0 Å². The lowest BCUT2D eigenvalue weighted by atomic mass is 9.77. The first-order valence-electron chi connectivity index (χ1n) is 10.5. The molecule has 1 saturated carbocycles. The molecule has 1 nitrogen and oxygen atoms in total. The third-order valence-corrected chi connectivity index (χ3v) is 6.40. The summed E-state index contributed by atoms with van der Waals surface area (Å²) in [4.78, 5) is 0. The van der Waals surface area contributed by atoms with Crippen molar-refractivity contribution >= 4 is 0 Å². The van der Waals surface area contributed by atoms with Crippen LogP contribution in [-0.4, -0.2) is 6.61 Å². The van der Waals surface area contributed by atoms with E-state index in [4.69, 9.17) is 4.74 Å². The van der Waals surface area contributed by atoms with E-state index in [9.17, 15) is 17.6 Å². The van der Waals surface area contributed by atoms with Gasteiger partial charge in [0.05, 0.1) is 12.2 Å². The maximum absolute atomic E-state index is 14.9. The summed E-state index contributed by atoms with van der Waals surface area (Å²) in [7, 11) is 0. The first-order valence-corrected chi connectivity index (χ1v) is 10.5. The molecule has 1 aliphatic carbocycles. The minimum absolute atomic E-state index is 0.0407. The zero-order valence-electron chi connectivity index (χ0n) is 16.6. The number of benzene rings is 2. The Bertz CT molecular complexity index is 867. The molecule has 0 bridgehead atoms. The molecule has 1 saturated heterocycles. The van der Waals surface area contributed by atoms with Crippen molar-refractivity contribution in [2.75, 3.05) is 6.61 Å². The molecule has 0 amide bonds. The van der Waals surface area contributed by atoms with Gasteiger partial charge in [-0.1, -0.05) is 44.0 Å². The molecular weight excluding hydrogens is 380 g/mol. The molecule has 5 heteroatoms. The maximum atomic E-state index is 14.9. The highest BCUT2D eigenvalue weighted by molar-refractivity contribution is 5.69. The van der Waals surface area contributed by atoms with Gasteiger partial charge in [0.15, 0.2) is 0 Å². The van der Waals surface area contributed by atoms with Gasteiger partial charge in [0.1, 0.15) is 17.7 Å². The summed E-state index contributed by atoms with van der Waals surface area (Å²) in [5.41, 5.74) is 0.434. The summed E-state index contributed by atoms with van der Waals surface area (Å²) in [6, 6.07) is 7.54. The Balaban J connectivity index is 1.61. The van der Waals surface area contributed by atoms with Crippen LogP contribution in [0.1, 0.15) is 80.6 Å². The molecular formula is C24H26F4O. The molecule has 0 spiro atoms. The Morgan fingerprint density at radius 2 is 1.69 bits per heavy atom. The second kappa shape index (κ2) is 8.47. The SMILES string of the molecule is CCCC1CCC(c2ccc(-c3ccc(C4CO4)c(F)c3C(F)F)cc2F)CC1. The van der Waals surface area contributed by atoms with E-state index in [1.165, 1.54) is 31.0 Å². The number of epoxide rings is 1. The Morgan fingerprint density at radius 1 is 1.00 bits per heavy atom. The summed E-state index contributed by atoms with van der Waals surface area (Å²) in [6.45, 7) is 2.52. The van der Waals surface area contributed by atoms with Gasteiger partial charge in [-0.3, -0.25) is 0 Å². The van der Waals surface area contributed by atoms with Crippen LogP contribution in [0, 0.1) is 17.6 Å². The molecule has 2 aromatic rings. The zero-order chi connectivity index (χ0) is 20.5. The zero-order valence-corrected chi connectivity index (χ0v) is 16.6. The van der Waals surface area contributed by atoms with E-state index >= 15 is 0 Å².